The summed E-state index contributed by atoms with van der Waals surface area (Å²) in [5.74, 6) is -2.21. The molecule has 0 radical (unpaired) electrons. The second-order valence-electron chi connectivity index (χ2n) is 9.71. The number of nitriles is 1. The predicted molar refractivity (Wildman–Crippen MR) is 133 cm³/mol. The predicted octanol–water partition coefficient (Wildman–Crippen LogP) is 4.46. The molecule has 0 spiro atoms. The van der Waals surface area contributed by atoms with Gasteiger partial charge in [0, 0.05) is 37.2 Å². The lowest BCUT2D eigenvalue weighted by Gasteiger charge is -2.30. The molecule has 37 heavy (non-hydrogen) atoms. The second kappa shape index (κ2) is 12.9. The highest BCUT2D eigenvalue weighted by Gasteiger charge is 2.38. The van der Waals surface area contributed by atoms with E-state index in [4.69, 9.17) is 15.2 Å². The first-order valence-electron chi connectivity index (χ1n) is 11.7. The third-order valence-electron chi connectivity index (χ3n) is 5.18. The van der Waals surface area contributed by atoms with Crippen molar-refractivity contribution in [1.82, 2.24) is 9.97 Å². The molecule has 1 aliphatic heterocycles. The SMILES string of the molecule is CC(C)(C)CN(CC(=O)Nc1ccc(N2CCCCC2)cc1)c1ccnc(C#N)n1.O=C(O)C(F)(F)F. The fourth-order valence-corrected chi connectivity index (χ4v) is 3.65. The highest BCUT2D eigenvalue weighted by molar-refractivity contribution is 5.94. The van der Waals surface area contributed by atoms with Crippen LogP contribution in [0.2, 0.25) is 0 Å². The number of amides is 1. The molecule has 12 heteroatoms. The minimum absolute atomic E-state index is 0.0475. The molecular formula is C25H31F3N6O3. The number of carboxylic acid groups (broad SMARTS) is 1. The van der Waals surface area contributed by atoms with E-state index in [1.807, 2.05) is 23.1 Å². The molecule has 3 rings (SSSR count). The number of nitrogens with one attached hydrogen (secondary N) is 1. The Labute approximate surface area is 213 Å². The summed E-state index contributed by atoms with van der Waals surface area (Å²) in [6.07, 6.45) is 0.239. The Kier molecular flexibility index (Phi) is 10.2. The summed E-state index contributed by atoms with van der Waals surface area (Å²) < 4.78 is 31.7. The summed E-state index contributed by atoms with van der Waals surface area (Å²) in [6.45, 7) is 9.26. The fraction of sp³-hybridized carbons (Fsp3) is 0.480. The van der Waals surface area contributed by atoms with E-state index < -0.39 is 12.1 Å². The molecule has 2 N–H and O–H groups in total. The molecular weight excluding hydrogens is 489 g/mol. The first-order valence-corrected chi connectivity index (χ1v) is 11.7. The van der Waals surface area contributed by atoms with E-state index in [0.717, 1.165) is 18.8 Å². The molecule has 1 aliphatic rings. The van der Waals surface area contributed by atoms with Crippen LogP contribution in [0.4, 0.5) is 30.4 Å². The van der Waals surface area contributed by atoms with Crippen LogP contribution in [0.25, 0.3) is 0 Å². The monoisotopic (exact) mass is 520 g/mol. The molecule has 1 fully saturated rings. The Bertz CT molecular complexity index is 1090. The maximum Gasteiger partial charge on any atom is 0.490 e. The highest BCUT2D eigenvalue weighted by Crippen LogP contribution is 2.23. The number of carbonyl (C=O) groups is 2. The van der Waals surface area contributed by atoms with Crippen LogP contribution >= 0.6 is 0 Å². The van der Waals surface area contributed by atoms with Gasteiger partial charge in [-0.15, -0.1) is 0 Å². The third-order valence-corrected chi connectivity index (χ3v) is 5.18. The minimum atomic E-state index is -5.08. The van der Waals surface area contributed by atoms with Gasteiger partial charge >= 0.3 is 12.1 Å². The second-order valence-corrected chi connectivity index (χ2v) is 9.71. The number of aromatic nitrogens is 2. The minimum Gasteiger partial charge on any atom is -0.475 e. The number of rotatable bonds is 6. The van der Waals surface area contributed by atoms with Crippen LogP contribution in [-0.4, -0.2) is 59.3 Å². The van der Waals surface area contributed by atoms with E-state index in [2.05, 4.69) is 53.1 Å². The Morgan fingerprint density at radius 2 is 1.70 bits per heavy atom. The average Bonchev–Trinajstić information content (AvgIpc) is 2.83. The number of carbonyl (C=O) groups excluding carboxylic acids is 1. The van der Waals surface area contributed by atoms with Crippen LogP contribution < -0.4 is 15.1 Å². The number of piperidine rings is 1. The van der Waals surface area contributed by atoms with Gasteiger partial charge < -0.3 is 20.2 Å². The van der Waals surface area contributed by atoms with Crippen molar-refractivity contribution < 1.29 is 27.9 Å². The zero-order valence-electron chi connectivity index (χ0n) is 21.0. The summed E-state index contributed by atoms with van der Waals surface area (Å²) in [5, 5.41) is 19.2. The van der Waals surface area contributed by atoms with Crippen LogP contribution in [0.5, 0.6) is 0 Å². The van der Waals surface area contributed by atoms with Gasteiger partial charge in [0.1, 0.15) is 11.9 Å². The molecule has 0 unspecified atom stereocenters. The zero-order valence-corrected chi connectivity index (χ0v) is 21.0. The number of anilines is 3. The van der Waals surface area contributed by atoms with Gasteiger partial charge in [-0.05, 0) is 55.0 Å². The lowest BCUT2D eigenvalue weighted by atomic mass is 9.96. The fourth-order valence-electron chi connectivity index (χ4n) is 3.65. The van der Waals surface area contributed by atoms with Crippen LogP contribution in [0.1, 0.15) is 45.9 Å². The molecule has 1 saturated heterocycles. The Balaban J connectivity index is 0.000000604. The third kappa shape index (κ3) is 10.3. The van der Waals surface area contributed by atoms with Crippen LogP contribution in [0.3, 0.4) is 0 Å². The van der Waals surface area contributed by atoms with Crippen molar-refractivity contribution in [3.05, 3.63) is 42.4 Å². The number of hydrogen-bond acceptors (Lipinski definition) is 7. The summed E-state index contributed by atoms with van der Waals surface area (Å²) in [6, 6.07) is 11.7. The van der Waals surface area contributed by atoms with E-state index in [9.17, 15) is 18.0 Å². The quantitative estimate of drug-likeness (QED) is 0.572. The lowest BCUT2D eigenvalue weighted by Crippen LogP contribution is -2.39. The number of nitrogens with zero attached hydrogens (tertiary/aromatic N) is 5. The van der Waals surface area contributed by atoms with Gasteiger partial charge in [0.05, 0.1) is 6.54 Å². The zero-order chi connectivity index (χ0) is 27.6. The molecule has 2 aromatic rings. The molecule has 2 heterocycles. The van der Waals surface area contributed by atoms with Crippen molar-refractivity contribution in [2.75, 3.05) is 41.3 Å². The van der Waals surface area contributed by atoms with E-state index >= 15 is 0 Å². The summed E-state index contributed by atoms with van der Waals surface area (Å²) in [4.78, 5) is 34.1. The maximum atomic E-state index is 12.8. The number of halogens is 3. The maximum absolute atomic E-state index is 12.8. The first kappa shape index (κ1) is 29.4. The number of aliphatic carboxylic acids is 1. The topological polar surface area (TPSA) is 122 Å². The van der Waals surface area contributed by atoms with Crippen molar-refractivity contribution in [1.29, 1.82) is 5.26 Å². The molecule has 1 aromatic heterocycles. The van der Waals surface area contributed by atoms with Crippen molar-refractivity contribution in [2.24, 2.45) is 5.41 Å². The summed E-state index contributed by atoms with van der Waals surface area (Å²) >= 11 is 0. The summed E-state index contributed by atoms with van der Waals surface area (Å²) in [5.41, 5.74) is 1.93. The van der Waals surface area contributed by atoms with Crippen LogP contribution in [0.15, 0.2) is 36.5 Å². The van der Waals surface area contributed by atoms with Gasteiger partial charge in [-0.1, -0.05) is 20.8 Å². The van der Waals surface area contributed by atoms with E-state index in [-0.39, 0.29) is 23.7 Å². The summed E-state index contributed by atoms with van der Waals surface area (Å²) in [7, 11) is 0. The smallest absolute Gasteiger partial charge is 0.475 e. The van der Waals surface area contributed by atoms with Gasteiger partial charge in [-0.25, -0.2) is 14.8 Å². The van der Waals surface area contributed by atoms with Gasteiger partial charge in [-0.3, -0.25) is 4.79 Å². The molecule has 0 bridgehead atoms. The molecule has 0 aliphatic carbocycles. The molecule has 200 valence electrons. The number of alkyl halides is 3. The first-order chi connectivity index (χ1) is 17.3. The van der Waals surface area contributed by atoms with Crippen molar-refractivity contribution in [3.8, 4) is 6.07 Å². The van der Waals surface area contributed by atoms with Crippen molar-refractivity contribution in [3.63, 3.8) is 0 Å². The molecule has 1 aromatic carbocycles. The normalized spacial score (nSPS) is 13.6. The van der Waals surface area contributed by atoms with Gasteiger partial charge in [-0.2, -0.15) is 18.4 Å². The largest absolute Gasteiger partial charge is 0.490 e. The molecule has 0 saturated carbocycles. The number of benzene rings is 1. The van der Waals surface area contributed by atoms with Crippen LogP contribution in [-0.2, 0) is 9.59 Å². The number of carboxylic acids is 1. The van der Waals surface area contributed by atoms with E-state index in [1.54, 1.807) is 12.3 Å². The van der Waals surface area contributed by atoms with Gasteiger partial charge in [0.15, 0.2) is 0 Å². The van der Waals surface area contributed by atoms with Crippen molar-refractivity contribution >= 4 is 29.1 Å². The van der Waals surface area contributed by atoms with Gasteiger partial charge in [0.2, 0.25) is 11.7 Å². The highest BCUT2D eigenvalue weighted by atomic mass is 19.4. The van der Waals surface area contributed by atoms with Crippen LogP contribution in [0, 0.1) is 16.7 Å². The Morgan fingerprint density at radius 1 is 1.11 bits per heavy atom. The lowest BCUT2D eigenvalue weighted by molar-refractivity contribution is -0.192. The Hall–Kier alpha value is -3.88. The average molecular weight is 521 g/mol. The van der Waals surface area contributed by atoms with Gasteiger partial charge in [0.25, 0.3) is 0 Å². The molecule has 0 atom stereocenters. The van der Waals surface area contributed by atoms with Crippen molar-refractivity contribution in [2.45, 2.75) is 46.2 Å². The number of hydrogen-bond donors (Lipinski definition) is 2. The standard InChI is InChI=1S/C23H30N6O.C2HF3O2/c1-23(2,3)17-29(21-11-12-25-20(15-24)27-21)16-22(30)26-18-7-9-19(10-8-18)28-13-5-4-6-14-28;3-2(4,5)1(6)7/h7-12H,4-6,13-14,16-17H2,1-3H3,(H,26,30);(H,6,7). The van der Waals surface area contributed by atoms with E-state index in [0.29, 0.717) is 12.4 Å². The molecule has 9 nitrogen and oxygen atoms in total. The molecule has 1 amide bonds. The Morgan fingerprint density at radius 3 is 2.22 bits per heavy atom. The van der Waals surface area contributed by atoms with E-state index in [1.165, 1.54) is 24.9 Å².